The Hall–Kier alpha value is -1.71. The highest BCUT2D eigenvalue weighted by Crippen LogP contribution is 2.25. The number of carboxylic acids is 1. The summed E-state index contributed by atoms with van der Waals surface area (Å²) in [7, 11) is 1.51. The molecule has 4 heteroatoms. The highest BCUT2D eigenvalue weighted by Gasteiger charge is 2.08. The van der Waals surface area contributed by atoms with E-state index in [1.807, 2.05) is 6.92 Å². The predicted octanol–water partition coefficient (Wildman–Crippen LogP) is 1.72. The molecule has 0 aliphatic rings. The molecule has 0 amide bonds. The molecule has 15 heavy (non-hydrogen) atoms. The molecule has 1 N–H and O–H groups in total. The van der Waals surface area contributed by atoms with E-state index >= 15 is 0 Å². The topological polar surface area (TPSA) is 55.8 Å². The molecule has 0 unspecified atom stereocenters. The smallest absolute Gasteiger partial charge is 0.307 e. The van der Waals surface area contributed by atoms with E-state index in [9.17, 15) is 4.79 Å². The number of hydrogen-bond donors (Lipinski definition) is 1. The van der Waals surface area contributed by atoms with Crippen LogP contribution in [0.5, 0.6) is 11.5 Å². The Morgan fingerprint density at radius 3 is 2.73 bits per heavy atom. The Bertz CT molecular complexity index is 346. The highest BCUT2D eigenvalue weighted by atomic mass is 16.5. The molecule has 0 bridgehead atoms. The molecule has 0 aliphatic heterocycles. The predicted molar refractivity (Wildman–Crippen MR) is 55.5 cm³/mol. The van der Waals surface area contributed by atoms with Gasteiger partial charge in [0.15, 0.2) is 0 Å². The van der Waals surface area contributed by atoms with Crippen LogP contribution in [0.1, 0.15) is 12.5 Å². The van der Waals surface area contributed by atoms with Crippen molar-refractivity contribution in [3.8, 4) is 11.5 Å². The van der Waals surface area contributed by atoms with Crippen LogP contribution in [0.4, 0.5) is 0 Å². The number of carboxylic acid groups (broad SMARTS) is 1. The number of aliphatic carboxylic acids is 1. The molecular weight excluding hydrogens is 196 g/mol. The van der Waals surface area contributed by atoms with Gasteiger partial charge in [0.2, 0.25) is 0 Å². The second-order valence-electron chi connectivity index (χ2n) is 2.98. The molecule has 4 nitrogen and oxygen atoms in total. The Morgan fingerprint density at radius 1 is 1.47 bits per heavy atom. The van der Waals surface area contributed by atoms with E-state index in [-0.39, 0.29) is 6.42 Å². The Balaban J connectivity index is 2.92. The maximum Gasteiger partial charge on any atom is 0.307 e. The summed E-state index contributed by atoms with van der Waals surface area (Å²) in [5, 5.41) is 8.67. The molecule has 0 radical (unpaired) electrons. The SMILES string of the molecule is CCOc1ccc(CC(=O)O)c(OC)c1. The Labute approximate surface area is 88.4 Å². The van der Waals surface area contributed by atoms with Crippen LogP contribution >= 0.6 is 0 Å². The van der Waals surface area contributed by atoms with Crippen molar-refractivity contribution in [2.45, 2.75) is 13.3 Å². The standard InChI is InChI=1S/C11H14O4/c1-3-15-9-5-4-8(6-11(12)13)10(7-9)14-2/h4-5,7H,3,6H2,1-2H3,(H,12,13). The minimum Gasteiger partial charge on any atom is -0.496 e. The summed E-state index contributed by atoms with van der Waals surface area (Å²) in [6, 6.07) is 5.14. The van der Waals surface area contributed by atoms with Crippen molar-refractivity contribution in [1.82, 2.24) is 0 Å². The zero-order valence-corrected chi connectivity index (χ0v) is 8.82. The van der Waals surface area contributed by atoms with Crippen LogP contribution in [0.3, 0.4) is 0 Å². The average Bonchev–Trinajstić information content (AvgIpc) is 2.20. The molecule has 0 aliphatic carbocycles. The van der Waals surface area contributed by atoms with Gasteiger partial charge in [-0.3, -0.25) is 4.79 Å². The van der Waals surface area contributed by atoms with Gasteiger partial charge in [-0.05, 0) is 13.0 Å². The number of rotatable bonds is 5. The van der Waals surface area contributed by atoms with Gasteiger partial charge in [-0.15, -0.1) is 0 Å². The zero-order chi connectivity index (χ0) is 11.3. The van der Waals surface area contributed by atoms with Gasteiger partial charge in [0, 0.05) is 11.6 Å². The second-order valence-corrected chi connectivity index (χ2v) is 2.98. The van der Waals surface area contributed by atoms with Gasteiger partial charge in [-0.2, -0.15) is 0 Å². The van der Waals surface area contributed by atoms with Gasteiger partial charge in [0.05, 0.1) is 20.1 Å². The van der Waals surface area contributed by atoms with Gasteiger partial charge in [-0.1, -0.05) is 6.07 Å². The molecule has 0 saturated carbocycles. The van der Waals surface area contributed by atoms with Gasteiger partial charge < -0.3 is 14.6 Å². The summed E-state index contributed by atoms with van der Waals surface area (Å²) in [5.41, 5.74) is 0.647. The lowest BCUT2D eigenvalue weighted by Crippen LogP contribution is -2.02. The van der Waals surface area contributed by atoms with E-state index in [0.29, 0.717) is 23.7 Å². The molecule has 1 aromatic carbocycles. The highest BCUT2D eigenvalue weighted by molar-refractivity contribution is 5.71. The molecule has 0 aromatic heterocycles. The summed E-state index contributed by atoms with van der Waals surface area (Å²) in [4.78, 5) is 10.6. The van der Waals surface area contributed by atoms with E-state index in [2.05, 4.69) is 0 Å². The zero-order valence-electron chi connectivity index (χ0n) is 8.82. The van der Waals surface area contributed by atoms with Crippen molar-refractivity contribution in [2.24, 2.45) is 0 Å². The van der Waals surface area contributed by atoms with Crippen LogP contribution in [0.25, 0.3) is 0 Å². The van der Waals surface area contributed by atoms with Crippen LogP contribution in [0, 0.1) is 0 Å². The Kier molecular flexibility index (Phi) is 3.97. The number of methoxy groups -OCH3 is 1. The average molecular weight is 210 g/mol. The molecule has 1 aromatic rings. The van der Waals surface area contributed by atoms with Crippen LogP contribution in [0.2, 0.25) is 0 Å². The van der Waals surface area contributed by atoms with E-state index in [4.69, 9.17) is 14.6 Å². The first-order valence-corrected chi connectivity index (χ1v) is 4.69. The normalized spacial score (nSPS) is 9.73. The maximum absolute atomic E-state index is 10.6. The largest absolute Gasteiger partial charge is 0.496 e. The van der Waals surface area contributed by atoms with Crippen LogP contribution in [-0.4, -0.2) is 24.8 Å². The summed E-state index contributed by atoms with van der Waals surface area (Å²) < 4.78 is 10.4. The van der Waals surface area contributed by atoms with Crippen molar-refractivity contribution in [3.63, 3.8) is 0 Å². The third-order valence-electron chi connectivity index (χ3n) is 1.91. The second kappa shape index (κ2) is 5.24. The summed E-state index contributed by atoms with van der Waals surface area (Å²) in [5.74, 6) is 0.351. The van der Waals surface area contributed by atoms with Crippen LogP contribution in [-0.2, 0) is 11.2 Å². The fourth-order valence-corrected chi connectivity index (χ4v) is 1.29. The lowest BCUT2D eigenvalue weighted by Gasteiger charge is -2.09. The summed E-state index contributed by atoms with van der Waals surface area (Å²) >= 11 is 0. The van der Waals surface area contributed by atoms with E-state index in [1.54, 1.807) is 18.2 Å². The fourth-order valence-electron chi connectivity index (χ4n) is 1.29. The van der Waals surface area contributed by atoms with Crippen molar-refractivity contribution in [1.29, 1.82) is 0 Å². The molecule has 1 rings (SSSR count). The Morgan fingerprint density at radius 2 is 2.20 bits per heavy atom. The first kappa shape index (κ1) is 11.4. The number of benzene rings is 1. The van der Waals surface area contributed by atoms with E-state index < -0.39 is 5.97 Å². The molecule has 0 fully saturated rings. The van der Waals surface area contributed by atoms with Gasteiger partial charge in [-0.25, -0.2) is 0 Å². The summed E-state index contributed by atoms with van der Waals surface area (Å²) in [6.45, 7) is 2.46. The third kappa shape index (κ3) is 3.16. The summed E-state index contributed by atoms with van der Waals surface area (Å²) in [6.07, 6.45) is -0.0461. The van der Waals surface area contributed by atoms with Crippen molar-refractivity contribution < 1.29 is 19.4 Å². The van der Waals surface area contributed by atoms with E-state index in [1.165, 1.54) is 7.11 Å². The monoisotopic (exact) mass is 210 g/mol. The molecule has 0 spiro atoms. The molecule has 0 heterocycles. The molecule has 0 saturated heterocycles. The molecule has 0 atom stereocenters. The lowest BCUT2D eigenvalue weighted by atomic mass is 10.1. The minimum atomic E-state index is -0.877. The van der Waals surface area contributed by atoms with E-state index in [0.717, 1.165) is 0 Å². The van der Waals surface area contributed by atoms with Crippen molar-refractivity contribution in [3.05, 3.63) is 23.8 Å². The van der Waals surface area contributed by atoms with Gasteiger partial charge in [0.25, 0.3) is 0 Å². The molecular formula is C11H14O4. The van der Waals surface area contributed by atoms with Gasteiger partial charge in [0.1, 0.15) is 11.5 Å². The quantitative estimate of drug-likeness (QED) is 0.804. The number of ether oxygens (including phenoxy) is 2. The molecule has 82 valence electrons. The van der Waals surface area contributed by atoms with Crippen molar-refractivity contribution >= 4 is 5.97 Å². The van der Waals surface area contributed by atoms with Crippen LogP contribution < -0.4 is 9.47 Å². The van der Waals surface area contributed by atoms with Gasteiger partial charge >= 0.3 is 5.97 Å². The number of hydrogen-bond acceptors (Lipinski definition) is 3. The lowest BCUT2D eigenvalue weighted by molar-refractivity contribution is -0.136. The van der Waals surface area contributed by atoms with Crippen molar-refractivity contribution in [2.75, 3.05) is 13.7 Å². The fraction of sp³-hybridized carbons (Fsp3) is 0.364. The maximum atomic E-state index is 10.6. The first-order valence-electron chi connectivity index (χ1n) is 4.69. The first-order chi connectivity index (χ1) is 7.17. The van der Waals surface area contributed by atoms with Crippen LogP contribution in [0.15, 0.2) is 18.2 Å². The minimum absolute atomic E-state index is 0.0461. The number of carbonyl (C=O) groups is 1. The third-order valence-corrected chi connectivity index (χ3v) is 1.91.